The van der Waals surface area contributed by atoms with E-state index in [1.165, 1.54) is 19.2 Å². The van der Waals surface area contributed by atoms with Gasteiger partial charge in [-0.3, -0.25) is 4.79 Å². The second-order valence-corrected chi connectivity index (χ2v) is 3.54. The highest BCUT2D eigenvalue weighted by Gasteiger charge is 2.15. The van der Waals surface area contributed by atoms with Gasteiger partial charge in [0.15, 0.2) is 5.96 Å². The van der Waals surface area contributed by atoms with Crippen molar-refractivity contribution in [1.82, 2.24) is 0 Å². The van der Waals surface area contributed by atoms with Crippen molar-refractivity contribution in [1.29, 1.82) is 0 Å². The van der Waals surface area contributed by atoms with Crippen LogP contribution < -0.4 is 16.2 Å². The third-order valence-corrected chi connectivity index (χ3v) is 2.59. The third kappa shape index (κ3) is 2.56. The summed E-state index contributed by atoms with van der Waals surface area (Å²) in [4.78, 5) is 14.9. The van der Waals surface area contributed by atoms with E-state index >= 15 is 0 Å². The second kappa shape index (κ2) is 5.05. The molecule has 0 aliphatic rings. The SMILES string of the molecule is COc1ccc(C(=O)N=C(N)N)c(Cl)c1Cl. The summed E-state index contributed by atoms with van der Waals surface area (Å²) in [6.45, 7) is 0. The monoisotopic (exact) mass is 261 g/mol. The third-order valence-electron chi connectivity index (χ3n) is 1.73. The Hall–Kier alpha value is -1.46. The zero-order chi connectivity index (χ0) is 12.3. The number of carbonyl (C=O) groups excluding carboxylic acids is 1. The summed E-state index contributed by atoms with van der Waals surface area (Å²) in [6.07, 6.45) is 0. The molecule has 5 nitrogen and oxygen atoms in total. The van der Waals surface area contributed by atoms with Crippen LogP contribution in [0.3, 0.4) is 0 Å². The van der Waals surface area contributed by atoms with Crippen LogP contribution in [-0.2, 0) is 0 Å². The number of guanidine groups is 1. The van der Waals surface area contributed by atoms with Gasteiger partial charge in [-0.25, -0.2) is 0 Å². The summed E-state index contributed by atoms with van der Waals surface area (Å²) < 4.78 is 4.93. The second-order valence-electron chi connectivity index (χ2n) is 2.79. The van der Waals surface area contributed by atoms with E-state index in [4.69, 9.17) is 39.4 Å². The van der Waals surface area contributed by atoms with E-state index in [1.54, 1.807) is 0 Å². The lowest BCUT2D eigenvalue weighted by Gasteiger charge is -2.06. The summed E-state index contributed by atoms with van der Waals surface area (Å²) in [6, 6.07) is 2.94. The lowest BCUT2D eigenvalue weighted by Crippen LogP contribution is -2.24. The smallest absolute Gasteiger partial charge is 0.281 e. The molecule has 7 heteroatoms. The molecule has 1 amide bonds. The van der Waals surface area contributed by atoms with Crippen molar-refractivity contribution in [3.8, 4) is 5.75 Å². The van der Waals surface area contributed by atoms with E-state index in [2.05, 4.69) is 4.99 Å². The van der Waals surface area contributed by atoms with Crippen molar-refractivity contribution in [2.45, 2.75) is 0 Å². The first-order valence-electron chi connectivity index (χ1n) is 4.13. The molecule has 0 heterocycles. The summed E-state index contributed by atoms with van der Waals surface area (Å²) in [7, 11) is 1.44. The predicted octanol–water partition coefficient (Wildman–Crippen LogP) is 1.42. The van der Waals surface area contributed by atoms with Crippen LogP contribution in [0.2, 0.25) is 10.0 Å². The number of nitrogens with zero attached hydrogens (tertiary/aromatic N) is 1. The van der Waals surface area contributed by atoms with E-state index in [0.29, 0.717) is 5.75 Å². The maximum absolute atomic E-state index is 11.5. The summed E-state index contributed by atoms with van der Waals surface area (Å²) in [5.74, 6) is -0.629. The molecule has 0 spiro atoms. The average Bonchev–Trinajstić information content (AvgIpc) is 2.20. The Balaban J connectivity index is 3.22. The molecular weight excluding hydrogens is 253 g/mol. The minimum atomic E-state index is -0.658. The van der Waals surface area contributed by atoms with Crippen LogP contribution in [0.1, 0.15) is 10.4 Å². The molecule has 1 aromatic carbocycles. The fraction of sp³-hybridized carbons (Fsp3) is 0.111. The largest absolute Gasteiger partial charge is 0.495 e. The molecule has 0 aliphatic carbocycles. The fourth-order valence-corrected chi connectivity index (χ4v) is 1.51. The van der Waals surface area contributed by atoms with Gasteiger partial charge in [0.05, 0.1) is 17.7 Å². The van der Waals surface area contributed by atoms with Gasteiger partial charge in [0.1, 0.15) is 10.8 Å². The van der Waals surface area contributed by atoms with Crippen LogP contribution in [0.5, 0.6) is 5.75 Å². The number of halogens is 2. The molecule has 1 rings (SSSR count). The Bertz CT molecular complexity index is 456. The topological polar surface area (TPSA) is 90.7 Å². The van der Waals surface area contributed by atoms with Gasteiger partial charge in [-0.15, -0.1) is 0 Å². The molecule has 4 N–H and O–H groups in total. The van der Waals surface area contributed by atoms with Gasteiger partial charge < -0.3 is 16.2 Å². The molecule has 0 atom stereocenters. The molecular formula is C9H9Cl2N3O2. The number of ether oxygens (including phenoxy) is 1. The average molecular weight is 262 g/mol. The Morgan fingerprint density at radius 3 is 2.44 bits per heavy atom. The number of aliphatic imine (C=N–C) groups is 1. The van der Waals surface area contributed by atoms with Crippen molar-refractivity contribution in [3.63, 3.8) is 0 Å². The Kier molecular flexibility index (Phi) is 3.98. The van der Waals surface area contributed by atoms with Crippen LogP contribution >= 0.6 is 23.2 Å². The highest BCUT2D eigenvalue weighted by molar-refractivity contribution is 6.44. The lowest BCUT2D eigenvalue weighted by atomic mass is 10.2. The first-order chi connectivity index (χ1) is 7.47. The predicted molar refractivity (Wildman–Crippen MR) is 63.2 cm³/mol. The van der Waals surface area contributed by atoms with Gasteiger partial charge in [-0.05, 0) is 12.1 Å². The van der Waals surface area contributed by atoms with E-state index in [1.807, 2.05) is 0 Å². The zero-order valence-corrected chi connectivity index (χ0v) is 9.84. The zero-order valence-electron chi connectivity index (χ0n) is 8.33. The number of carbonyl (C=O) groups is 1. The number of hydrogen-bond donors (Lipinski definition) is 2. The summed E-state index contributed by atoms with van der Waals surface area (Å²) in [5.41, 5.74) is 10.3. The highest BCUT2D eigenvalue weighted by atomic mass is 35.5. The van der Waals surface area contributed by atoms with Gasteiger partial charge in [0, 0.05) is 0 Å². The molecule has 0 saturated heterocycles. The van der Waals surface area contributed by atoms with E-state index in [9.17, 15) is 4.79 Å². The van der Waals surface area contributed by atoms with E-state index in [0.717, 1.165) is 0 Å². The molecule has 0 saturated carbocycles. The van der Waals surface area contributed by atoms with Gasteiger partial charge in [0.25, 0.3) is 5.91 Å². The number of rotatable bonds is 2. The molecule has 1 aromatic rings. The van der Waals surface area contributed by atoms with Crippen molar-refractivity contribution in [2.75, 3.05) is 7.11 Å². The molecule has 0 bridgehead atoms. The van der Waals surface area contributed by atoms with Crippen LogP contribution in [0.4, 0.5) is 0 Å². The van der Waals surface area contributed by atoms with Gasteiger partial charge in [-0.2, -0.15) is 4.99 Å². The number of hydrogen-bond acceptors (Lipinski definition) is 2. The first-order valence-corrected chi connectivity index (χ1v) is 4.89. The molecule has 86 valence electrons. The molecule has 16 heavy (non-hydrogen) atoms. The minimum absolute atomic E-state index is 0.0519. The van der Waals surface area contributed by atoms with Crippen molar-refractivity contribution < 1.29 is 9.53 Å². The number of benzene rings is 1. The van der Waals surface area contributed by atoms with Gasteiger partial charge in [0.2, 0.25) is 0 Å². The number of amides is 1. The Labute approximate surface area is 102 Å². The number of methoxy groups -OCH3 is 1. The lowest BCUT2D eigenvalue weighted by molar-refractivity contribution is 0.100. The summed E-state index contributed by atoms with van der Waals surface area (Å²) in [5, 5.41) is 0.192. The molecule has 0 aliphatic heterocycles. The van der Waals surface area contributed by atoms with E-state index in [-0.39, 0.29) is 21.6 Å². The van der Waals surface area contributed by atoms with Gasteiger partial charge in [-0.1, -0.05) is 23.2 Å². The van der Waals surface area contributed by atoms with Crippen LogP contribution in [0.25, 0.3) is 0 Å². The van der Waals surface area contributed by atoms with Crippen LogP contribution in [0.15, 0.2) is 17.1 Å². The first kappa shape index (κ1) is 12.6. The van der Waals surface area contributed by atoms with Crippen molar-refractivity contribution in [2.24, 2.45) is 16.5 Å². The molecule has 0 aromatic heterocycles. The maximum atomic E-state index is 11.5. The van der Waals surface area contributed by atoms with E-state index < -0.39 is 5.91 Å². The molecule has 0 unspecified atom stereocenters. The standard InChI is InChI=1S/C9H9Cl2N3O2/c1-16-5-3-2-4(6(10)7(5)11)8(15)14-9(12)13/h2-3H,1H3,(H4,12,13,14,15). The van der Waals surface area contributed by atoms with Crippen LogP contribution in [0, 0.1) is 0 Å². The minimum Gasteiger partial charge on any atom is -0.495 e. The van der Waals surface area contributed by atoms with Crippen molar-refractivity contribution >= 4 is 35.1 Å². The normalized spacial score (nSPS) is 9.69. The molecule has 0 radical (unpaired) electrons. The fourth-order valence-electron chi connectivity index (χ4n) is 1.03. The number of nitrogens with two attached hydrogens (primary N) is 2. The Morgan fingerprint density at radius 1 is 1.31 bits per heavy atom. The van der Waals surface area contributed by atoms with Crippen molar-refractivity contribution in [3.05, 3.63) is 27.7 Å². The molecule has 0 fully saturated rings. The quantitative estimate of drug-likeness (QED) is 0.622. The van der Waals surface area contributed by atoms with Crippen LogP contribution in [-0.4, -0.2) is 19.0 Å². The highest BCUT2D eigenvalue weighted by Crippen LogP contribution is 2.34. The Morgan fingerprint density at radius 2 is 1.94 bits per heavy atom. The van der Waals surface area contributed by atoms with Gasteiger partial charge >= 0.3 is 0 Å². The summed E-state index contributed by atoms with van der Waals surface area (Å²) >= 11 is 11.7. The maximum Gasteiger partial charge on any atom is 0.281 e.